The number of benzene rings is 7. The van der Waals surface area contributed by atoms with Crippen LogP contribution in [0.2, 0.25) is 0 Å². The minimum Gasteiger partial charge on any atom is -0.309 e. The zero-order valence-corrected chi connectivity index (χ0v) is 27.6. The summed E-state index contributed by atoms with van der Waals surface area (Å²) < 4.78 is 2.41. The number of nitrogens with zero attached hydrogens (tertiary/aromatic N) is 4. The van der Waals surface area contributed by atoms with Crippen molar-refractivity contribution in [3.63, 3.8) is 0 Å². The summed E-state index contributed by atoms with van der Waals surface area (Å²) in [5.41, 5.74) is 11.2. The second-order valence-corrected chi connectivity index (χ2v) is 12.8. The Balaban J connectivity index is 1.27. The van der Waals surface area contributed by atoms with Crippen molar-refractivity contribution in [2.75, 3.05) is 0 Å². The molecule has 51 heavy (non-hydrogen) atoms. The van der Waals surface area contributed by atoms with Crippen LogP contribution in [0.5, 0.6) is 0 Å². The summed E-state index contributed by atoms with van der Waals surface area (Å²) in [6.45, 7) is 0. The van der Waals surface area contributed by atoms with Crippen molar-refractivity contribution in [3.8, 4) is 50.8 Å². The van der Waals surface area contributed by atoms with Gasteiger partial charge in [-0.2, -0.15) is 0 Å². The highest BCUT2D eigenvalue weighted by Gasteiger charge is 2.20. The molecule has 0 amide bonds. The molecule has 0 bridgehead atoms. The van der Waals surface area contributed by atoms with Crippen LogP contribution in [0, 0.1) is 0 Å². The van der Waals surface area contributed by atoms with Gasteiger partial charge in [0.15, 0.2) is 5.82 Å². The lowest BCUT2D eigenvalue weighted by Crippen LogP contribution is -1.99. The molecule has 0 saturated heterocycles. The predicted molar refractivity (Wildman–Crippen MR) is 211 cm³/mol. The smallest absolute Gasteiger partial charge is 0.160 e. The van der Waals surface area contributed by atoms with Gasteiger partial charge in [0, 0.05) is 49.5 Å². The Hall–Kier alpha value is -6.91. The second-order valence-electron chi connectivity index (χ2n) is 12.8. The van der Waals surface area contributed by atoms with Gasteiger partial charge in [0.2, 0.25) is 0 Å². The zero-order valence-electron chi connectivity index (χ0n) is 27.6. The molecule has 0 spiro atoms. The Labute approximate surface area is 295 Å². The van der Waals surface area contributed by atoms with E-state index in [1.54, 1.807) is 0 Å². The van der Waals surface area contributed by atoms with Crippen molar-refractivity contribution in [2.24, 2.45) is 0 Å². The third kappa shape index (κ3) is 4.88. The van der Waals surface area contributed by atoms with Crippen LogP contribution in [0.15, 0.2) is 182 Å². The SMILES string of the molecule is c1ccc(-c2cc(-c3cccc(-n4c5ccccc5c5ccc6c7ccccc7nc(-c7ccccc7)c6c54)c3)nc(-c3ccccc3)n2)cc1. The highest BCUT2D eigenvalue weighted by atomic mass is 15.0. The van der Waals surface area contributed by atoms with E-state index in [2.05, 4.69) is 150 Å². The molecule has 3 heterocycles. The number of para-hydroxylation sites is 2. The average Bonchev–Trinajstić information content (AvgIpc) is 3.56. The van der Waals surface area contributed by atoms with Crippen molar-refractivity contribution in [1.82, 2.24) is 19.5 Å². The van der Waals surface area contributed by atoms with Crippen molar-refractivity contribution < 1.29 is 0 Å². The third-order valence-corrected chi connectivity index (χ3v) is 9.77. The van der Waals surface area contributed by atoms with Crippen LogP contribution in [0.3, 0.4) is 0 Å². The van der Waals surface area contributed by atoms with Gasteiger partial charge in [-0.15, -0.1) is 0 Å². The van der Waals surface area contributed by atoms with Gasteiger partial charge in [0.25, 0.3) is 0 Å². The Morgan fingerprint density at radius 2 is 0.961 bits per heavy atom. The summed E-state index contributed by atoms with van der Waals surface area (Å²) in [5.74, 6) is 0.700. The molecule has 0 aliphatic rings. The van der Waals surface area contributed by atoms with Crippen molar-refractivity contribution in [3.05, 3.63) is 182 Å². The summed E-state index contributed by atoms with van der Waals surface area (Å²) in [4.78, 5) is 15.5. The van der Waals surface area contributed by atoms with E-state index in [0.29, 0.717) is 5.82 Å². The lowest BCUT2D eigenvalue weighted by molar-refractivity contribution is 1.17. The zero-order chi connectivity index (χ0) is 33.7. The van der Waals surface area contributed by atoms with Gasteiger partial charge >= 0.3 is 0 Å². The van der Waals surface area contributed by atoms with Crippen LogP contribution in [-0.4, -0.2) is 19.5 Å². The molecule has 0 atom stereocenters. The summed E-state index contributed by atoms with van der Waals surface area (Å²) in [6, 6.07) is 63.6. The number of pyridine rings is 1. The van der Waals surface area contributed by atoms with Crippen LogP contribution < -0.4 is 0 Å². The van der Waals surface area contributed by atoms with E-state index >= 15 is 0 Å². The molecule has 0 saturated carbocycles. The fraction of sp³-hybridized carbons (Fsp3) is 0. The molecule has 0 unspecified atom stereocenters. The number of rotatable bonds is 5. The molecule has 7 aromatic carbocycles. The quantitative estimate of drug-likeness (QED) is 0.174. The molecule has 3 aromatic heterocycles. The highest BCUT2D eigenvalue weighted by Crippen LogP contribution is 2.42. The van der Waals surface area contributed by atoms with Crippen molar-refractivity contribution in [1.29, 1.82) is 0 Å². The van der Waals surface area contributed by atoms with E-state index in [0.717, 1.165) is 72.3 Å². The molecule has 10 rings (SSSR count). The standard InChI is InChI=1S/C47H30N4/c1-4-15-31(16-5-1)41-30-42(50-47(49-41)33-19-8-3-9-20-33)34-21-14-22-35(29-34)51-43-26-13-11-24-37(43)39-28-27-38-36-23-10-12-25-40(36)48-45(44(38)46(39)51)32-17-6-2-7-18-32/h1-30H. The summed E-state index contributed by atoms with van der Waals surface area (Å²) in [5, 5.41) is 5.86. The molecule has 0 radical (unpaired) electrons. The average molecular weight is 651 g/mol. The highest BCUT2D eigenvalue weighted by molar-refractivity contribution is 6.25. The van der Waals surface area contributed by atoms with Crippen LogP contribution >= 0.6 is 0 Å². The van der Waals surface area contributed by atoms with Crippen LogP contribution in [0.4, 0.5) is 0 Å². The Morgan fingerprint density at radius 3 is 1.73 bits per heavy atom. The van der Waals surface area contributed by atoms with E-state index in [1.807, 2.05) is 36.4 Å². The van der Waals surface area contributed by atoms with Gasteiger partial charge in [0.05, 0.1) is 33.6 Å². The van der Waals surface area contributed by atoms with E-state index in [4.69, 9.17) is 15.0 Å². The van der Waals surface area contributed by atoms with E-state index in [9.17, 15) is 0 Å². The number of aromatic nitrogens is 4. The fourth-order valence-electron chi connectivity index (χ4n) is 7.44. The molecule has 4 nitrogen and oxygen atoms in total. The monoisotopic (exact) mass is 650 g/mol. The molecule has 10 aromatic rings. The molecular weight excluding hydrogens is 621 g/mol. The Morgan fingerprint density at radius 1 is 0.373 bits per heavy atom. The van der Waals surface area contributed by atoms with Crippen LogP contribution in [0.25, 0.3) is 94.3 Å². The molecular formula is C47H30N4. The maximum absolute atomic E-state index is 5.34. The fourth-order valence-corrected chi connectivity index (χ4v) is 7.44. The molecule has 0 aliphatic heterocycles. The lowest BCUT2D eigenvalue weighted by atomic mass is 9.97. The Bertz CT molecular complexity index is 2840. The first kappa shape index (κ1) is 29.0. The van der Waals surface area contributed by atoms with E-state index in [-0.39, 0.29) is 0 Å². The van der Waals surface area contributed by atoms with Crippen molar-refractivity contribution in [2.45, 2.75) is 0 Å². The minimum absolute atomic E-state index is 0.700. The number of hydrogen-bond acceptors (Lipinski definition) is 3. The maximum Gasteiger partial charge on any atom is 0.160 e. The first-order valence-electron chi connectivity index (χ1n) is 17.2. The van der Waals surface area contributed by atoms with Gasteiger partial charge in [-0.1, -0.05) is 152 Å². The molecule has 0 N–H and O–H groups in total. The summed E-state index contributed by atoms with van der Waals surface area (Å²) >= 11 is 0. The number of fused-ring (bicyclic) bond motifs is 7. The van der Waals surface area contributed by atoms with Gasteiger partial charge in [-0.3, -0.25) is 0 Å². The largest absolute Gasteiger partial charge is 0.309 e. The van der Waals surface area contributed by atoms with E-state index < -0.39 is 0 Å². The molecule has 238 valence electrons. The van der Waals surface area contributed by atoms with Gasteiger partial charge in [-0.25, -0.2) is 15.0 Å². The topological polar surface area (TPSA) is 43.6 Å². The van der Waals surface area contributed by atoms with Crippen LogP contribution in [-0.2, 0) is 0 Å². The van der Waals surface area contributed by atoms with E-state index in [1.165, 1.54) is 16.2 Å². The first-order chi connectivity index (χ1) is 25.3. The molecule has 0 aliphatic carbocycles. The lowest BCUT2D eigenvalue weighted by Gasteiger charge is -2.15. The first-order valence-corrected chi connectivity index (χ1v) is 17.2. The van der Waals surface area contributed by atoms with Crippen LogP contribution in [0.1, 0.15) is 0 Å². The number of hydrogen-bond donors (Lipinski definition) is 0. The third-order valence-electron chi connectivity index (χ3n) is 9.77. The summed E-state index contributed by atoms with van der Waals surface area (Å²) in [7, 11) is 0. The molecule has 0 fully saturated rings. The predicted octanol–water partition coefficient (Wildman–Crippen LogP) is 11.9. The second kappa shape index (κ2) is 11.9. The Kier molecular flexibility index (Phi) is 6.78. The van der Waals surface area contributed by atoms with Crippen molar-refractivity contribution >= 4 is 43.5 Å². The van der Waals surface area contributed by atoms with Gasteiger partial charge in [-0.05, 0) is 35.7 Å². The molecule has 4 heteroatoms. The minimum atomic E-state index is 0.700. The summed E-state index contributed by atoms with van der Waals surface area (Å²) in [6.07, 6.45) is 0. The normalized spacial score (nSPS) is 11.5. The van der Waals surface area contributed by atoms with Gasteiger partial charge < -0.3 is 4.57 Å². The maximum atomic E-state index is 5.34. The van der Waals surface area contributed by atoms with Gasteiger partial charge in [0.1, 0.15) is 0 Å².